The van der Waals surface area contributed by atoms with Crippen LogP contribution in [0.25, 0.3) is 11.3 Å². The second-order valence-electron chi connectivity index (χ2n) is 4.31. The van der Waals surface area contributed by atoms with E-state index in [0.29, 0.717) is 17.8 Å². The number of hydrogen-bond acceptors (Lipinski definition) is 2. The van der Waals surface area contributed by atoms with Gasteiger partial charge in [-0.1, -0.05) is 30.3 Å². The molecule has 2 nitrogen and oxygen atoms in total. The summed E-state index contributed by atoms with van der Waals surface area (Å²) in [6, 6.07) is 8.05. The number of nitrogens with zero attached hydrogens (tertiary/aromatic N) is 1. The molecule has 0 bridgehead atoms. The molecule has 1 aromatic carbocycles. The van der Waals surface area contributed by atoms with Gasteiger partial charge in [0.15, 0.2) is 0 Å². The molecule has 0 aliphatic rings. The zero-order chi connectivity index (χ0) is 16.5. The maximum atomic E-state index is 12.9. The zero-order valence-corrected chi connectivity index (χ0v) is 10.7. The number of aromatic nitrogens is 1. The molecule has 1 heterocycles. The third-order valence-corrected chi connectivity index (χ3v) is 2.78. The Balaban J connectivity index is 2.61. The molecular formula is C14H7F6NO. The molecule has 1 aromatic heterocycles. The highest BCUT2D eigenvalue weighted by Gasteiger charge is 2.45. The molecule has 0 amide bonds. The number of carbonyl (C=O) groups excluding carboxylic acids is 1. The Labute approximate surface area is 120 Å². The number of rotatable bonds is 2. The van der Waals surface area contributed by atoms with Crippen LogP contribution >= 0.6 is 0 Å². The minimum Gasteiger partial charge on any atom is -0.284 e. The Morgan fingerprint density at radius 3 is 2.05 bits per heavy atom. The van der Waals surface area contributed by atoms with Gasteiger partial charge in [-0.15, -0.1) is 0 Å². The molecule has 0 saturated heterocycles. The van der Waals surface area contributed by atoms with Crippen LogP contribution in [0.4, 0.5) is 26.3 Å². The van der Waals surface area contributed by atoms with E-state index >= 15 is 0 Å². The molecule has 0 N–H and O–H groups in total. The fourth-order valence-electron chi connectivity index (χ4n) is 1.79. The zero-order valence-electron chi connectivity index (χ0n) is 10.7. The molecule has 0 aliphatic heterocycles. The van der Waals surface area contributed by atoms with Gasteiger partial charge in [0.1, 0.15) is 0 Å². The summed E-state index contributed by atoms with van der Waals surface area (Å²) in [5.74, 6) is -2.58. The van der Waals surface area contributed by atoms with Crippen molar-refractivity contribution in [1.82, 2.24) is 4.98 Å². The maximum Gasteiger partial charge on any atom is 0.454 e. The highest BCUT2D eigenvalue weighted by molar-refractivity contribution is 6.01. The lowest BCUT2D eigenvalue weighted by Gasteiger charge is -2.14. The third kappa shape index (κ3) is 3.26. The van der Waals surface area contributed by atoms with Gasteiger partial charge in [0.05, 0.1) is 16.8 Å². The molecular weight excluding hydrogens is 312 g/mol. The van der Waals surface area contributed by atoms with Crippen molar-refractivity contribution in [2.24, 2.45) is 0 Å². The summed E-state index contributed by atoms with van der Waals surface area (Å²) in [7, 11) is 0. The van der Waals surface area contributed by atoms with E-state index in [1.165, 1.54) is 12.1 Å². The van der Waals surface area contributed by atoms with Crippen molar-refractivity contribution in [3.05, 3.63) is 53.7 Å². The van der Waals surface area contributed by atoms with E-state index in [9.17, 15) is 31.1 Å². The highest BCUT2D eigenvalue weighted by atomic mass is 19.4. The van der Waals surface area contributed by atoms with E-state index < -0.39 is 29.3 Å². The molecule has 0 radical (unpaired) electrons. The van der Waals surface area contributed by atoms with Gasteiger partial charge in [0, 0.05) is 11.8 Å². The van der Waals surface area contributed by atoms with E-state index in [2.05, 4.69) is 4.98 Å². The van der Waals surface area contributed by atoms with Crippen LogP contribution in [0, 0.1) is 0 Å². The molecule has 0 atom stereocenters. The summed E-state index contributed by atoms with van der Waals surface area (Å²) in [6.07, 6.45) is -10.2. The van der Waals surface area contributed by atoms with Crippen molar-refractivity contribution in [2.75, 3.05) is 0 Å². The van der Waals surface area contributed by atoms with Crippen molar-refractivity contribution in [3.8, 4) is 11.3 Å². The molecule has 0 spiro atoms. The van der Waals surface area contributed by atoms with Gasteiger partial charge in [0.2, 0.25) is 0 Å². The van der Waals surface area contributed by atoms with Crippen LogP contribution in [-0.2, 0) is 6.18 Å². The van der Waals surface area contributed by atoms with Crippen LogP contribution in [0.1, 0.15) is 15.9 Å². The van der Waals surface area contributed by atoms with Crippen LogP contribution in [-0.4, -0.2) is 16.9 Å². The molecule has 2 rings (SSSR count). The summed E-state index contributed by atoms with van der Waals surface area (Å²) in [6.45, 7) is 0. The summed E-state index contributed by atoms with van der Waals surface area (Å²) in [5, 5.41) is 0. The Morgan fingerprint density at radius 1 is 0.955 bits per heavy atom. The molecule has 0 aliphatic carbocycles. The van der Waals surface area contributed by atoms with Gasteiger partial charge in [0.25, 0.3) is 5.78 Å². The largest absolute Gasteiger partial charge is 0.454 e. The number of Topliss-reactive ketones (excluding diaryl/α,β-unsaturated/α-hetero) is 1. The second-order valence-corrected chi connectivity index (χ2v) is 4.31. The Hall–Kier alpha value is -2.38. The van der Waals surface area contributed by atoms with Gasteiger partial charge in [-0.2, -0.15) is 26.3 Å². The van der Waals surface area contributed by atoms with Crippen molar-refractivity contribution in [1.29, 1.82) is 0 Å². The fraction of sp³-hybridized carbons (Fsp3) is 0.143. The van der Waals surface area contributed by atoms with Gasteiger partial charge in [-0.3, -0.25) is 9.78 Å². The lowest BCUT2D eigenvalue weighted by atomic mass is 10.0. The Kier molecular flexibility index (Phi) is 3.95. The summed E-state index contributed by atoms with van der Waals surface area (Å²) < 4.78 is 76.0. The monoisotopic (exact) mass is 319 g/mol. The van der Waals surface area contributed by atoms with E-state index in [-0.39, 0.29) is 5.69 Å². The number of pyridine rings is 1. The van der Waals surface area contributed by atoms with Gasteiger partial charge >= 0.3 is 12.4 Å². The first-order valence-electron chi connectivity index (χ1n) is 5.85. The first kappa shape index (κ1) is 16.0. The first-order chi connectivity index (χ1) is 10.1. The standard InChI is InChI=1S/C14H7F6NO/c15-13(16,17)10-6-11(8-4-2-1-3-5-8)21-7-9(10)12(22)14(18,19)20/h1-7H. The smallest absolute Gasteiger partial charge is 0.284 e. The van der Waals surface area contributed by atoms with Crippen molar-refractivity contribution >= 4 is 5.78 Å². The molecule has 8 heteroatoms. The minimum atomic E-state index is -5.41. The van der Waals surface area contributed by atoms with E-state index in [4.69, 9.17) is 0 Å². The molecule has 22 heavy (non-hydrogen) atoms. The van der Waals surface area contributed by atoms with E-state index in [1.54, 1.807) is 18.2 Å². The number of ketones is 1. The predicted molar refractivity (Wildman–Crippen MR) is 65.1 cm³/mol. The fourth-order valence-corrected chi connectivity index (χ4v) is 1.79. The maximum absolute atomic E-state index is 12.9. The van der Waals surface area contributed by atoms with Gasteiger partial charge in [-0.25, -0.2) is 0 Å². The molecule has 0 saturated carbocycles. The van der Waals surface area contributed by atoms with Crippen molar-refractivity contribution in [3.63, 3.8) is 0 Å². The normalized spacial score (nSPS) is 12.3. The topological polar surface area (TPSA) is 30.0 Å². The van der Waals surface area contributed by atoms with Crippen LogP contribution in [0.15, 0.2) is 42.6 Å². The van der Waals surface area contributed by atoms with Gasteiger partial charge in [-0.05, 0) is 6.07 Å². The summed E-state index contributed by atoms with van der Waals surface area (Å²) in [5.41, 5.74) is -3.06. The highest BCUT2D eigenvalue weighted by Crippen LogP contribution is 2.36. The number of carbonyl (C=O) groups is 1. The molecule has 2 aromatic rings. The summed E-state index contributed by atoms with van der Waals surface area (Å²) >= 11 is 0. The predicted octanol–water partition coefficient (Wildman–Crippen LogP) is 4.51. The third-order valence-electron chi connectivity index (χ3n) is 2.78. The Bertz CT molecular complexity index is 691. The molecule has 116 valence electrons. The molecule has 0 fully saturated rings. The lowest BCUT2D eigenvalue weighted by molar-refractivity contribution is -0.138. The van der Waals surface area contributed by atoms with Crippen LogP contribution < -0.4 is 0 Å². The Morgan fingerprint density at radius 2 is 1.55 bits per heavy atom. The average Bonchev–Trinajstić information content (AvgIpc) is 2.45. The van der Waals surface area contributed by atoms with E-state index in [0.717, 1.165) is 0 Å². The van der Waals surface area contributed by atoms with Crippen LogP contribution in [0.2, 0.25) is 0 Å². The van der Waals surface area contributed by atoms with E-state index in [1.807, 2.05) is 0 Å². The van der Waals surface area contributed by atoms with Crippen LogP contribution in [0.3, 0.4) is 0 Å². The van der Waals surface area contributed by atoms with Crippen molar-refractivity contribution < 1.29 is 31.1 Å². The van der Waals surface area contributed by atoms with Gasteiger partial charge < -0.3 is 0 Å². The number of alkyl halides is 6. The SMILES string of the molecule is O=C(c1cnc(-c2ccccc2)cc1C(F)(F)F)C(F)(F)F. The number of halogens is 6. The lowest BCUT2D eigenvalue weighted by Crippen LogP contribution is -2.26. The number of benzene rings is 1. The summed E-state index contributed by atoms with van der Waals surface area (Å²) in [4.78, 5) is 14.7. The quantitative estimate of drug-likeness (QED) is 0.602. The molecule has 0 unspecified atom stereocenters. The van der Waals surface area contributed by atoms with Crippen molar-refractivity contribution in [2.45, 2.75) is 12.4 Å². The van der Waals surface area contributed by atoms with Crippen LogP contribution in [0.5, 0.6) is 0 Å². The second kappa shape index (κ2) is 5.43. The number of hydrogen-bond donors (Lipinski definition) is 0. The average molecular weight is 319 g/mol. The first-order valence-corrected chi connectivity index (χ1v) is 5.85. The minimum absolute atomic E-state index is 0.174.